The fourth-order valence-corrected chi connectivity index (χ4v) is 3.21. The summed E-state index contributed by atoms with van der Waals surface area (Å²) in [5, 5.41) is 2.83. The van der Waals surface area contributed by atoms with Gasteiger partial charge in [0, 0.05) is 35.4 Å². The molecule has 0 fully saturated rings. The lowest BCUT2D eigenvalue weighted by Gasteiger charge is -2.22. The minimum atomic E-state index is -0.501. The largest absolute Gasteiger partial charge is 0.464 e. The first-order valence-corrected chi connectivity index (χ1v) is 9.97. The fraction of sp³-hybridized carbons (Fsp3) is 0.0800. The van der Waals surface area contributed by atoms with E-state index in [9.17, 15) is 14.0 Å². The zero-order chi connectivity index (χ0) is 22.3. The van der Waals surface area contributed by atoms with Gasteiger partial charge in [-0.3, -0.25) is 14.6 Å². The van der Waals surface area contributed by atoms with Gasteiger partial charge in [0.15, 0.2) is 5.82 Å². The minimum Gasteiger partial charge on any atom is -0.464 e. The molecule has 0 radical (unpaired) electrons. The first-order valence-electron chi connectivity index (χ1n) is 9.97. The highest BCUT2D eigenvalue weighted by Crippen LogP contribution is 2.22. The molecule has 7 heteroatoms. The van der Waals surface area contributed by atoms with Gasteiger partial charge in [0.2, 0.25) is 5.91 Å². The molecule has 0 saturated heterocycles. The van der Waals surface area contributed by atoms with Crippen LogP contribution in [0.2, 0.25) is 0 Å². The van der Waals surface area contributed by atoms with Gasteiger partial charge in [-0.25, -0.2) is 4.39 Å². The molecule has 2 aromatic carbocycles. The number of anilines is 2. The van der Waals surface area contributed by atoms with Gasteiger partial charge in [0.05, 0.1) is 13.0 Å². The molecule has 6 nitrogen and oxygen atoms in total. The van der Waals surface area contributed by atoms with Crippen molar-refractivity contribution in [2.75, 3.05) is 10.2 Å². The maximum Gasteiger partial charge on any atom is 0.255 e. The lowest BCUT2D eigenvalue weighted by Crippen LogP contribution is -2.31. The first-order chi connectivity index (χ1) is 15.6. The first kappa shape index (κ1) is 21.0. The van der Waals surface area contributed by atoms with E-state index in [0.29, 0.717) is 22.7 Å². The van der Waals surface area contributed by atoms with Gasteiger partial charge in [-0.1, -0.05) is 24.3 Å². The summed E-state index contributed by atoms with van der Waals surface area (Å²) in [4.78, 5) is 31.0. The van der Waals surface area contributed by atoms with Crippen molar-refractivity contribution in [2.45, 2.75) is 13.0 Å². The van der Waals surface area contributed by atoms with Crippen molar-refractivity contribution in [1.82, 2.24) is 4.98 Å². The number of furan rings is 1. The Morgan fingerprint density at radius 1 is 1.00 bits per heavy atom. The Hall–Kier alpha value is -4.26. The molecule has 0 bridgehead atoms. The van der Waals surface area contributed by atoms with Crippen LogP contribution in [0.25, 0.3) is 0 Å². The van der Waals surface area contributed by atoms with Crippen molar-refractivity contribution < 1.29 is 18.4 Å². The van der Waals surface area contributed by atoms with E-state index in [1.165, 1.54) is 11.0 Å². The molecule has 32 heavy (non-hydrogen) atoms. The predicted octanol–water partition coefficient (Wildman–Crippen LogP) is 4.84. The van der Waals surface area contributed by atoms with E-state index in [0.717, 1.165) is 11.8 Å². The molecule has 0 atom stereocenters. The molecule has 2 heterocycles. The topological polar surface area (TPSA) is 75.4 Å². The van der Waals surface area contributed by atoms with Gasteiger partial charge < -0.3 is 14.6 Å². The maximum absolute atomic E-state index is 13.4. The van der Waals surface area contributed by atoms with Crippen LogP contribution in [0.3, 0.4) is 0 Å². The van der Waals surface area contributed by atoms with Crippen molar-refractivity contribution in [3.8, 4) is 0 Å². The Balaban J connectivity index is 1.53. The monoisotopic (exact) mass is 429 g/mol. The quantitative estimate of drug-likeness (QED) is 0.456. The van der Waals surface area contributed by atoms with Gasteiger partial charge >= 0.3 is 0 Å². The molecule has 0 saturated carbocycles. The van der Waals surface area contributed by atoms with Crippen molar-refractivity contribution in [2.24, 2.45) is 0 Å². The highest BCUT2D eigenvalue weighted by Gasteiger charge is 2.19. The summed E-state index contributed by atoms with van der Waals surface area (Å²) < 4.78 is 18.6. The predicted molar refractivity (Wildman–Crippen MR) is 119 cm³/mol. The molecular formula is C25H20FN3O3. The van der Waals surface area contributed by atoms with Crippen LogP contribution in [0.15, 0.2) is 95.9 Å². The lowest BCUT2D eigenvalue weighted by molar-refractivity contribution is -0.118. The summed E-state index contributed by atoms with van der Waals surface area (Å²) >= 11 is 0. The van der Waals surface area contributed by atoms with Crippen LogP contribution < -0.4 is 10.2 Å². The zero-order valence-electron chi connectivity index (χ0n) is 17.1. The highest BCUT2D eigenvalue weighted by molar-refractivity contribution is 6.04. The third-order valence-corrected chi connectivity index (χ3v) is 4.79. The molecule has 0 spiro atoms. The summed E-state index contributed by atoms with van der Waals surface area (Å²) in [6.45, 7) is 0.0682. The molecule has 0 aliphatic carbocycles. The summed E-state index contributed by atoms with van der Waals surface area (Å²) in [6.07, 6.45) is 4.40. The molecule has 2 aromatic heterocycles. The second-order valence-electron chi connectivity index (χ2n) is 7.12. The van der Waals surface area contributed by atoms with Crippen LogP contribution in [-0.2, 0) is 17.8 Å². The molecule has 4 aromatic rings. The van der Waals surface area contributed by atoms with Gasteiger partial charge in [0.1, 0.15) is 12.0 Å². The standard InChI is InChI=1S/C25H20FN3O3/c26-20-14-23(32-17-20)16-29(24(30)13-18-5-4-12-27-15-18)22-10-8-21(9-11-22)28-25(31)19-6-2-1-3-7-19/h1-12,14-15,17H,13,16H2,(H,28,31). The number of nitrogens with zero attached hydrogens (tertiary/aromatic N) is 2. The van der Waals surface area contributed by atoms with Gasteiger partial charge in [-0.15, -0.1) is 0 Å². The average molecular weight is 429 g/mol. The number of amides is 2. The Bertz CT molecular complexity index is 1190. The second-order valence-corrected chi connectivity index (χ2v) is 7.12. The SMILES string of the molecule is O=C(Nc1ccc(N(Cc2cc(F)co2)C(=O)Cc2cccnc2)cc1)c1ccccc1. The fourth-order valence-electron chi connectivity index (χ4n) is 3.21. The normalized spacial score (nSPS) is 10.5. The summed E-state index contributed by atoms with van der Waals surface area (Å²) in [5.41, 5.74) is 2.49. The van der Waals surface area contributed by atoms with E-state index < -0.39 is 5.82 Å². The third kappa shape index (κ3) is 5.26. The molecular weight excluding hydrogens is 409 g/mol. The van der Waals surface area contributed by atoms with Crippen LogP contribution in [0, 0.1) is 5.82 Å². The van der Waals surface area contributed by atoms with E-state index in [1.807, 2.05) is 12.1 Å². The number of rotatable bonds is 7. The molecule has 160 valence electrons. The number of nitrogens with one attached hydrogen (secondary N) is 1. The lowest BCUT2D eigenvalue weighted by atomic mass is 10.1. The third-order valence-electron chi connectivity index (χ3n) is 4.79. The van der Waals surface area contributed by atoms with E-state index in [1.54, 1.807) is 67.0 Å². The molecule has 0 aliphatic heterocycles. The Kier molecular flexibility index (Phi) is 6.36. The highest BCUT2D eigenvalue weighted by atomic mass is 19.1. The number of benzene rings is 2. The van der Waals surface area contributed by atoms with Crippen LogP contribution >= 0.6 is 0 Å². The van der Waals surface area contributed by atoms with Crippen LogP contribution in [0.4, 0.5) is 15.8 Å². The van der Waals surface area contributed by atoms with E-state index >= 15 is 0 Å². The van der Waals surface area contributed by atoms with Gasteiger partial charge in [-0.05, 0) is 48.0 Å². The Labute approximate surface area is 184 Å². The smallest absolute Gasteiger partial charge is 0.255 e. The van der Waals surface area contributed by atoms with Crippen LogP contribution in [0.1, 0.15) is 21.7 Å². The molecule has 1 N–H and O–H groups in total. The van der Waals surface area contributed by atoms with Crippen molar-refractivity contribution >= 4 is 23.2 Å². The molecule has 0 unspecified atom stereocenters. The molecule has 4 rings (SSSR count). The summed E-state index contributed by atoms with van der Waals surface area (Å²) in [7, 11) is 0. The van der Waals surface area contributed by atoms with Gasteiger partial charge in [-0.2, -0.15) is 0 Å². The number of aromatic nitrogens is 1. The Morgan fingerprint density at radius 2 is 1.78 bits per heavy atom. The van der Waals surface area contributed by atoms with Gasteiger partial charge in [0.25, 0.3) is 5.91 Å². The van der Waals surface area contributed by atoms with Crippen LogP contribution in [-0.4, -0.2) is 16.8 Å². The number of hydrogen-bond acceptors (Lipinski definition) is 4. The summed E-state index contributed by atoms with van der Waals surface area (Å²) in [5.74, 6) is -0.605. The van der Waals surface area contributed by atoms with E-state index in [-0.39, 0.29) is 24.8 Å². The van der Waals surface area contributed by atoms with E-state index in [2.05, 4.69) is 10.3 Å². The Morgan fingerprint density at radius 3 is 2.44 bits per heavy atom. The average Bonchev–Trinajstić information content (AvgIpc) is 3.24. The second kappa shape index (κ2) is 9.70. The minimum absolute atomic E-state index is 0.0682. The number of hydrogen-bond donors (Lipinski definition) is 1. The maximum atomic E-state index is 13.4. The number of pyridine rings is 1. The zero-order valence-corrected chi connectivity index (χ0v) is 17.1. The van der Waals surface area contributed by atoms with Crippen LogP contribution in [0.5, 0.6) is 0 Å². The number of halogens is 1. The molecule has 0 aliphatic rings. The summed E-state index contributed by atoms with van der Waals surface area (Å²) in [6, 6.07) is 20.6. The van der Waals surface area contributed by atoms with E-state index in [4.69, 9.17) is 4.42 Å². The number of carbonyl (C=O) groups excluding carboxylic acids is 2. The van der Waals surface area contributed by atoms with Crippen molar-refractivity contribution in [3.05, 3.63) is 114 Å². The van der Waals surface area contributed by atoms with Crippen molar-refractivity contribution in [3.63, 3.8) is 0 Å². The number of carbonyl (C=O) groups is 2. The van der Waals surface area contributed by atoms with Crippen molar-refractivity contribution in [1.29, 1.82) is 0 Å². The molecule has 2 amide bonds.